The van der Waals surface area contributed by atoms with Crippen LogP contribution in [0.4, 0.5) is 8.78 Å². The first kappa shape index (κ1) is 15.0. The molecule has 0 atom stereocenters. The zero-order valence-electron chi connectivity index (χ0n) is 10.8. The van der Waals surface area contributed by atoms with Crippen LogP contribution < -0.4 is 0 Å². The molecule has 0 radical (unpaired) electrons. The van der Waals surface area contributed by atoms with Gasteiger partial charge in [0.2, 0.25) is 0 Å². The van der Waals surface area contributed by atoms with E-state index in [4.69, 9.17) is 5.11 Å². The normalized spacial score (nSPS) is 10.4. The molecule has 0 saturated heterocycles. The zero-order chi connectivity index (χ0) is 15.6. The van der Waals surface area contributed by atoms with Gasteiger partial charge in [-0.2, -0.15) is 0 Å². The lowest BCUT2D eigenvalue weighted by Crippen LogP contribution is -2.28. The quantitative estimate of drug-likeness (QED) is 0.941. The Balaban J connectivity index is 2.33. The predicted molar refractivity (Wildman–Crippen MR) is 71.2 cm³/mol. The number of rotatable bonds is 4. The number of carbonyl (C=O) groups is 2. The maximum atomic E-state index is 13.3. The van der Waals surface area contributed by atoms with Gasteiger partial charge in [-0.15, -0.1) is 11.3 Å². The Labute approximate surface area is 122 Å². The highest BCUT2D eigenvalue weighted by Gasteiger charge is 2.23. The van der Waals surface area contributed by atoms with Gasteiger partial charge in [0.1, 0.15) is 0 Å². The second kappa shape index (κ2) is 5.96. The summed E-state index contributed by atoms with van der Waals surface area (Å²) in [6.45, 7) is 0.139. The molecule has 110 valence electrons. The number of aromatic carboxylic acids is 1. The first-order valence-corrected chi connectivity index (χ1v) is 6.69. The first-order chi connectivity index (χ1) is 9.90. The molecule has 1 amide bonds. The minimum absolute atomic E-state index is 0.139. The Morgan fingerprint density at radius 3 is 2.43 bits per heavy atom. The zero-order valence-corrected chi connectivity index (χ0v) is 11.7. The Bertz CT molecular complexity index is 689. The van der Waals surface area contributed by atoms with E-state index in [2.05, 4.69) is 4.98 Å². The van der Waals surface area contributed by atoms with E-state index in [0.717, 1.165) is 0 Å². The van der Waals surface area contributed by atoms with Crippen LogP contribution in [-0.2, 0) is 6.54 Å². The average molecular weight is 312 g/mol. The van der Waals surface area contributed by atoms with E-state index in [0.29, 0.717) is 17.8 Å². The molecule has 1 N–H and O–H groups in total. The first-order valence-electron chi connectivity index (χ1n) is 5.75. The molecular weight excluding hydrogens is 302 g/mol. The van der Waals surface area contributed by atoms with Crippen LogP contribution in [-0.4, -0.2) is 33.9 Å². The van der Waals surface area contributed by atoms with Gasteiger partial charge in [0.25, 0.3) is 5.91 Å². The molecule has 2 rings (SSSR count). The molecule has 1 aromatic heterocycles. The van der Waals surface area contributed by atoms with Gasteiger partial charge in [-0.3, -0.25) is 4.79 Å². The Morgan fingerprint density at radius 2 is 1.90 bits per heavy atom. The smallest absolute Gasteiger partial charge is 0.336 e. The molecular formula is C13H10F2N2O3S. The summed E-state index contributed by atoms with van der Waals surface area (Å²) >= 11 is 1.35. The topological polar surface area (TPSA) is 70.5 Å². The highest BCUT2D eigenvalue weighted by Crippen LogP contribution is 2.18. The summed E-state index contributed by atoms with van der Waals surface area (Å²) in [5.41, 5.74) is 1.23. The van der Waals surface area contributed by atoms with Crippen molar-refractivity contribution in [3.8, 4) is 0 Å². The predicted octanol–water partition coefficient (Wildman–Crippen LogP) is 2.39. The fourth-order valence-corrected chi connectivity index (χ4v) is 2.29. The lowest BCUT2D eigenvalue weighted by atomic mass is 10.1. The molecule has 0 aliphatic rings. The Hall–Kier alpha value is -2.35. The molecule has 0 fully saturated rings. The van der Waals surface area contributed by atoms with Crippen LogP contribution in [0, 0.1) is 11.6 Å². The number of carboxylic acid groups (broad SMARTS) is 1. The van der Waals surface area contributed by atoms with Crippen LogP contribution in [0.25, 0.3) is 0 Å². The minimum atomic E-state index is -1.50. The van der Waals surface area contributed by atoms with Crippen LogP contribution in [0.3, 0.4) is 0 Å². The van der Waals surface area contributed by atoms with Crippen molar-refractivity contribution < 1.29 is 23.5 Å². The van der Waals surface area contributed by atoms with Crippen molar-refractivity contribution in [2.24, 2.45) is 0 Å². The second-order valence-electron chi connectivity index (χ2n) is 4.26. The summed E-state index contributed by atoms with van der Waals surface area (Å²) in [4.78, 5) is 28.5. The number of carbonyl (C=O) groups excluding carboxylic acids is 1. The fourth-order valence-electron chi connectivity index (χ4n) is 1.74. The third kappa shape index (κ3) is 3.22. The summed E-state index contributed by atoms with van der Waals surface area (Å²) < 4.78 is 26.4. The second-order valence-corrected chi connectivity index (χ2v) is 4.98. The van der Waals surface area contributed by atoms with E-state index in [1.54, 1.807) is 10.9 Å². The molecule has 8 heteroatoms. The fraction of sp³-hybridized carbons (Fsp3) is 0.154. The molecule has 21 heavy (non-hydrogen) atoms. The van der Waals surface area contributed by atoms with Gasteiger partial charge in [0.15, 0.2) is 11.6 Å². The molecule has 5 nitrogen and oxygen atoms in total. The highest BCUT2D eigenvalue weighted by atomic mass is 32.1. The average Bonchev–Trinajstić information content (AvgIpc) is 2.93. The van der Waals surface area contributed by atoms with E-state index in [-0.39, 0.29) is 6.54 Å². The van der Waals surface area contributed by atoms with Crippen molar-refractivity contribution in [3.63, 3.8) is 0 Å². The number of thiazole rings is 1. The van der Waals surface area contributed by atoms with Crippen LogP contribution >= 0.6 is 11.3 Å². The largest absolute Gasteiger partial charge is 0.478 e. The highest BCUT2D eigenvalue weighted by molar-refractivity contribution is 7.07. The molecule has 0 aliphatic heterocycles. The van der Waals surface area contributed by atoms with Gasteiger partial charge in [-0.1, -0.05) is 0 Å². The lowest BCUT2D eigenvalue weighted by Gasteiger charge is -2.17. The third-order valence-electron chi connectivity index (χ3n) is 2.75. The third-order valence-corrected chi connectivity index (χ3v) is 3.39. The lowest BCUT2D eigenvalue weighted by molar-refractivity contribution is 0.0679. The molecule has 0 bridgehead atoms. The molecule has 1 heterocycles. The molecule has 2 aromatic rings. The SMILES string of the molecule is CN(Cc1cscn1)C(=O)c1cc(F)c(F)cc1C(=O)O. The van der Waals surface area contributed by atoms with Gasteiger partial charge in [-0.05, 0) is 12.1 Å². The Kier molecular flexibility index (Phi) is 4.27. The number of aromatic nitrogens is 1. The molecule has 0 unspecified atom stereocenters. The Morgan fingerprint density at radius 1 is 1.29 bits per heavy atom. The van der Waals surface area contributed by atoms with E-state index in [9.17, 15) is 18.4 Å². The van der Waals surface area contributed by atoms with Gasteiger partial charge in [0.05, 0.1) is 28.9 Å². The summed E-state index contributed by atoms with van der Waals surface area (Å²) in [7, 11) is 1.43. The molecule has 1 aromatic carbocycles. The van der Waals surface area contributed by atoms with Crippen molar-refractivity contribution in [3.05, 3.63) is 51.5 Å². The number of hydrogen-bond acceptors (Lipinski definition) is 4. The number of carboxylic acids is 1. The van der Waals surface area contributed by atoms with E-state index < -0.39 is 34.6 Å². The monoisotopic (exact) mass is 312 g/mol. The van der Waals surface area contributed by atoms with Gasteiger partial charge >= 0.3 is 5.97 Å². The van der Waals surface area contributed by atoms with Crippen LogP contribution in [0.1, 0.15) is 26.4 Å². The van der Waals surface area contributed by atoms with Crippen molar-refractivity contribution in [2.75, 3.05) is 7.05 Å². The van der Waals surface area contributed by atoms with Gasteiger partial charge < -0.3 is 10.0 Å². The van der Waals surface area contributed by atoms with Crippen LogP contribution in [0.15, 0.2) is 23.0 Å². The number of nitrogens with zero attached hydrogens (tertiary/aromatic N) is 2. The van der Waals surface area contributed by atoms with E-state index in [1.807, 2.05) is 0 Å². The van der Waals surface area contributed by atoms with E-state index >= 15 is 0 Å². The van der Waals surface area contributed by atoms with Crippen molar-refractivity contribution in [2.45, 2.75) is 6.54 Å². The standard InChI is InChI=1S/C13H10F2N2O3S/c1-17(4-7-5-21-6-16-7)12(18)8-2-10(14)11(15)3-9(8)13(19)20/h2-3,5-6H,4H2,1H3,(H,19,20). The summed E-state index contributed by atoms with van der Waals surface area (Å²) in [6.07, 6.45) is 0. The number of amides is 1. The van der Waals surface area contributed by atoms with Crippen molar-refractivity contribution in [1.82, 2.24) is 9.88 Å². The van der Waals surface area contributed by atoms with Crippen LogP contribution in [0.5, 0.6) is 0 Å². The molecule has 0 aliphatic carbocycles. The summed E-state index contributed by atoms with van der Waals surface area (Å²) in [5, 5.41) is 10.7. The minimum Gasteiger partial charge on any atom is -0.478 e. The van der Waals surface area contributed by atoms with Crippen LogP contribution in [0.2, 0.25) is 0 Å². The van der Waals surface area contributed by atoms with E-state index in [1.165, 1.54) is 23.3 Å². The number of hydrogen-bond donors (Lipinski definition) is 1. The van der Waals surface area contributed by atoms with Gasteiger partial charge in [-0.25, -0.2) is 18.6 Å². The summed E-state index contributed by atoms with van der Waals surface area (Å²) in [6, 6.07) is 1.10. The molecule has 0 spiro atoms. The number of benzene rings is 1. The van der Waals surface area contributed by atoms with Crippen molar-refractivity contribution >= 4 is 23.2 Å². The molecule has 0 saturated carbocycles. The summed E-state index contributed by atoms with van der Waals surface area (Å²) in [5.74, 6) is -4.81. The maximum Gasteiger partial charge on any atom is 0.336 e. The number of halogens is 2. The maximum absolute atomic E-state index is 13.3. The van der Waals surface area contributed by atoms with Gasteiger partial charge in [0, 0.05) is 12.4 Å². The van der Waals surface area contributed by atoms with Crippen molar-refractivity contribution in [1.29, 1.82) is 0 Å².